The summed E-state index contributed by atoms with van der Waals surface area (Å²) >= 11 is 3.28. The summed E-state index contributed by atoms with van der Waals surface area (Å²) in [6.45, 7) is 1.78. The minimum atomic E-state index is -0.483. The second kappa shape index (κ2) is 7.98. The number of benzene rings is 1. The van der Waals surface area contributed by atoms with Gasteiger partial charge in [-0.15, -0.1) is 23.1 Å². The van der Waals surface area contributed by atoms with Crippen LogP contribution in [0, 0.1) is 6.92 Å². The Morgan fingerprint density at radius 1 is 1.26 bits per heavy atom. The van der Waals surface area contributed by atoms with Crippen molar-refractivity contribution in [3.8, 4) is 0 Å². The van der Waals surface area contributed by atoms with Crippen LogP contribution in [0.15, 0.2) is 28.8 Å². The number of aromatic nitrogens is 3. The molecule has 1 N–H and O–H groups in total. The number of thiazole rings is 1. The Hall–Kier alpha value is -1.93. The first-order valence-electron chi connectivity index (χ1n) is 9.19. The molecule has 0 unspecified atom stereocenters. The van der Waals surface area contributed by atoms with E-state index in [1.807, 2.05) is 18.2 Å². The van der Waals surface area contributed by atoms with Crippen molar-refractivity contribution in [2.45, 2.75) is 50.3 Å². The number of carbonyl (C=O) groups is 1. The minimum absolute atomic E-state index is 0.0189. The standard InChI is InChI=1S/C19H22N4O2S2/c1-13-20-18(23-25-13)19(9-5-2-6-10-19)22-16(24)11-26-12-17-21-14-7-3-4-8-15(14)27-17/h3-4,7-8H,2,5-6,9-12H2,1H3,(H,22,24). The fourth-order valence-corrected chi connectivity index (χ4v) is 5.42. The van der Waals surface area contributed by atoms with Crippen molar-refractivity contribution in [2.24, 2.45) is 0 Å². The summed E-state index contributed by atoms with van der Waals surface area (Å²) < 4.78 is 6.35. The lowest BCUT2D eigenvalue weighted by molar-refractivity contribution is -0.121. The maximum absolute atomic E-state index is 12.6. The number of hydrogen-bond donors (Lipinski definition) is 1. The first-order valence-corrected chi connectivity index (χ1v) is 11.2. The first kappa shape index (κ1) is 18.4. The zero-order chi connectivity index (χ0) is 18.7. The first-order chi connectivity index (χ1) is 13.1. The zero-order valence-electron chi connectivity index (χ0n) is 15.2. The topological polar surface area (TPSA) is 80.9 Å². The lowest BCUT2D eigenvalue weighted by Crippen LogP contribution is -2.48. The fraction of sp³-hybridized carbons (Fsp3) is 0.474. The van der Waals surface area contributed by atoms with Crippen LogP contribution in [-0.4, -0.2) is 26.8 Å². The quantitative estimate of drug-likeness (QED) is 0.666. The smallest absolute Gasteiger partial charge is 0.230 e. The van der Waals surface area contributed by atoms with Crippen LogP contribution < -0.4 is 5.32 Å². The average molecular weight is 403 g/mol. The third kappa shape index (κ3) is 4.16. The Balaban J connectivity index is 1.37. The van der Waals surface area contributed by atoms with Crippen molar-refractivity contribution >= 4 is 39.2 Å². The highest BCUT2D eigenvalue weighted by Gasteiger charge is 2.39. The second-order valence-electron chi connectivity index (χ2n) is 6.90. The van der Waals surface area contributed by atoms with Gasteiger partial charge in [0.1, 0.15) is 10.5 Å². The Labute approximate surface area is 166 Å². The number of nitrogens with one attached hydrogen (secondary N) is 1. The van der Waals surface area contributed by atoms with Crippen molar-refractivity contribution in [2.75, 3.05) is 5.75 Å². The van der Waals surface area contributed by atoms with E-state index in [1.165, 1.54) is 11.1 Å². The highest BCUT2D eigenvalue weighted by molar-refractivity contribution is 7.99. The molecule has 1 amide bonds. The minimum Gasteiger partial charge on any atom is -0.343 e. The number of nitrogens with zero attached hydrogens (tertiary/aromatic N) is 3. The van der Waals surface area contributed by atoms with Crippen LogP contribution in [0.3, 0.4) is 0 Å². The number of carbonyl (C=O) groups excluding carboxylic acids is 1. The molecular weight excluding hydrogens is 380 g/mol. The lowest BCUT2D eigenvalue weighted by Gasteiger charge is -2.35. The van der Waals surface area contributed by atoms with E-state index in [9.17, 15) is 4.79 Å². The molecule has 4 rings (SSSR count). The molecule has 2 aromatic heterocycles. The van der Waals surface area contributed by atoms with Crippen LogP contribution in [0.25, 0.3) is 10.2 Å². The SMILES string of the molecule is Cc1nc(C2(NC(=O)CSCc3nc4ccccc4s3)CCCCC2)no1. The predicted octanol–water partition coefficient (Wildman–Crippen LogP) is 4.20. The van der Waals surface area contributed by atoms with E-state index in [-0.39, 0.29) is 5.91 Å². The molecule has 0 aliphatic heterocycles. The van der Waals surface area contributed by atoms with E-state index in [1.54, 1.807) is 30.0 Å². The van der Waals surface area contributed by atoms with Gasteiger partial charge in [0.15, 0.2) is 5.82 Å². The molecule has 0 spiro atoms. The van der Waals surface area contributed by atoms with Crippen molar-refractivity contribution in [3.63, 3.8) is 0 Å². The highest BCUT2D eigenvalue weighted by atomic mass is 32.2. The Morgan fingerprint density at radius 2 is 2.07 bits per heavy atom. The fourth-order valence-electron chi connectivity index (χ4n) is 3.57. The van der Waals surface area contributed by atoms with E-state index >= 15 is 0 Å². The molecule has 1 saturated carbocycles. The van der Waals surface area contributed by atoms with Crippen LogP contribution in [0.5, 0.6) is 0 Å². The molecule has 1 aliphatic carbocycles. The van der Waals surface area contributed by atoms with Gasteiger partial charge in [-0.1, -0.05) is 36.6 Å². The maximum Gasteiger partial charge on any atom is 0.230 e. The summed E-state index contributed by atoms with van der Waals surface area (Å²) in [5.41, 5.74) is 0.542. The molecule has 8 heteroatoms. The van der Waals surface area contributed by atoms with E-state index in [4.69, 9.17) is 4.52 Å². The summed E-state index contributed by atoms with van der Waals surface area (Å²) in [7, 11) is 0. The Kier molecular flexibility index (Phi) is 5.45. The molecule has 1 aliphatic rings. The van der Waals surface area contributed by atoms with Gasteiger partial charge in [-0.25, -0.2) is 4.98 Å². The highest BCUT2D eigenvalue weighted by Crippen LogP contribution is 2.35. The molecular formula is C19H22N4O2S2. The van der Waals surface area contributed by atoms with Gasteiger partial charge in [0.05, 0.1) is 16.0 Å². The summed E-state index contributed by atoms with van der Waals surface area (Å²) in [6.07, 6.45) is 5.03. The van der Waals surface area contributed by atoms with E-state index in [0.717, 1.165) is 42.0 Å². The third-order valence-corrected chi connectivity index (χ3v) is 7.00. The maximum atomic E-state index is 12.6. The molecule has 0 saturated heterocycles. The van der Waals surface area contributed by atoms with E-state index in [2.05, 4.69) is 26.5 Å². The van der Waals surface area contributed by atoms with Crippen molar-refractivity contribution < 1.29 is 9.32 Å². The van der Waals surface area contributed by atoms with Gasteiger partial charge in [-0.05, 0) is 25.0 Å². The largest absolute Gasteiger partial charge is 0.343 e. The third-order valence-electron chi connectivity index (χ3n) is 4.84. The van der Waals surface area contributed by atoms with E-state index < -0.39 is 5.54 Å². The molecule has 2 heterocycles. The van der Waals surface area contributed by atoms with Crippen LogP contribution in [0.1, 0.15) is 48.8 Å². The molecule has 6 nitrogen and oxygen atoms in total. The normalized spacial score (nSPS) is 16.5. The monoisotopic (exact) mass is 402 g/mol. The van der Waals surface area contributed by atoms with Gasteiger partial charge in [0.2, 0.25) is 11.8 Å². The van der Waals surface area contributed by atoms with Gasteiger partial charge in [0, 0.05) is 12.7 Å². The van der Waals surface area contributed by atoms with Crippen molar-refractivity contribution in [3.05, 3.63) is 41.0 Å². The summed E-state index contributed by atoms with van der Waals surface area (Å²) in [4.78, 5) is 21.7. The number of rotatable bonds is 6. The molecule has 1 fully saturated rings. The van der Waals surface area contributed by atoms with Crippen molar-refractivity contribution in [1.82, 2.24) is 20.4 Å². The molecule has 0 radical (unpaired) electrons. The summed E-state index contributed by atoms with van der Waals surface area (Å²) in [5.74, 6) is 2.30. The zero-order valence-corrected chi connectivity index (χ0v) is 16.9. The molecule has 0 atom stereocenters. The van der Waals surface area contributed by atoms with Crippen LogP contribution in [0.2, 0.25) is 0 Å². The van der Waals surface area contributed by atoms with Crippen molar-refractivity contribution in [1.29, 1.82) is 0 Å². The number of hydrogen-bond acceptors (Lipinski definition) is 7. The molecule has 27 heavy (non-hydrogen) atoms. The van der Waals surface area contributed by atoms with Gasteiger partial charge in [0.25, 0.3) is 0 Å². The number of amides is 1. The Morgan fingerprint density at radius 3 is 2.81 bits per heavy atom. The van der Waals surface area contributed by atoms with Gasteiger partial charge >= 0.3 is 0 Å². The van der Waals surface area contributed by atoms with Crippen LogP contribution in [-0.2, 0) is 16.1 Å². The van der Waals surface area contributed by atoms with Gasteiger partial charge < -0.3 is 9.84 Å². The number of fused-ring (bicyclic) bond motifs is 1. The summed E-state index contributed by atoms with van der Waals surface area (Å²) in [6, 6.07) is 8.11. The van der Waals surface area contributed by atoms with Gasteiger partial charge in [-0.2, -0.15) is 4.98 Å². The average Bonchev–Trinajstić information content (AvgIpc) is 3.28. The number of thioether (sulfide) groups is 1. The van der Waals surface area contributed by atoms with Crippen LogP contribution in [0.4, 0.5) is 0 Å². The number of para-hydroxylation sites is 1. The molecule has 0 bridgehead atoms. The Bertz CT molecular complexity index is 898. The molecule has 1 aromatic carbocycles. The second-order valence-corrected chi connectivity index (χ2v) is 9.00. The summed E-state index contributed by atoms with van der Waals surface area (Å²) in [5, 5.41) is 8.37. The van der Waals surface area contributed by atoms with Crippen LogP contribution >= 0.6 is 23.1 Å². The molecule has 3 aromatic rings. The number of aryl methyl sites for hydroxylation is 1. The van der Waals surface area contributed by atoms with E-state index in [0.29, 0.717) is 17.5 Å². The lowest BCUT2D eigenvalue weighted by atomic mass is 9.81. The molecule has 142 valence electrons. The van der Waals surface area contributed by atoms with Gasteiger partial charge in [-0.3, -0.25) is 4.79 Å². The predicted molar refractivity (Wildman–Crippen MR) is 108 cm³/mol.